The number of hydrogen-bond acceptors (Lipinski definition) is 24. The molecular weight excluding hydrogens is 1340 g/mol. The fourth-order valence-corrected chi connectivity index (χ4v) is 18.6. The minimum absolute atomic E-state index is 0.0953. The zero-order valence-corrected chi connectivity index (χ0v) is 66.7. The summed E-state index contributed by atoms with van der Waals surface area (Å²) < 4.78 is 0. The Hall–Kier alpha value is -4.56. The van der Waals surface area contributed by atoms with E-state index < -0.39 is 0 Å². The number of hydrogen-bond donors (Lipinski definition) is 10. The van der Waals surface area contributed by atoms with E-state index in [0.29, 0.717) is 136 Å². The van der Waals surface area contributed by atoms with Crippen molar-refractivity contribution < 1.29 is 0 Å². The molecule has 0 atom stereocenters. The Bertz CT molecular complexity index is 2910. The van der Waals surface area contributed by atoms with Gasteiger partial charge in [-0.1, -0.05) is 51.4 Å². The Labute approximate surface area is 619 Å². The summed E-state index contributed by atoms with van der Waals surface area (Å²) in [5, 5.41) is 36.3. The molecule has 4 aromatic heterocycles. The van der Waals surface area contributed by atoms with Gasteiger partial charge in [-0.25, -0.2) is 0 Å². The van der Waals surface area contributed by atoms with E-state index in [1.807, 2.05) is 0 Å². The van der Waals surface area contributed by atoms with Crippen molar-refractivity contribution >= 4 is 94.0 Å². The van der Waals surface area contributed by atoms with Crippen LogP contribution in [-0.2, 0) is 0 Å². The van der Waals surface area contributed by atoms with Gasteiger partial charge < -0.3 is 63.0 Å². The summed E-state index contributed by atoms with van der Waals surface area (Å²) in [4.78, 5) is 60.1. The van der Waals surface area contributed by atoms with Gasteiger partial charge in [0.15, 0.2) is 0 Å². The largest absolute Gasteiger partial charge is 0.354 e. The van der Waals surface area contributed by atoms with Crippen molar-refractivity contribution in [2.24, 2.45) is 23.7 Å². The van der Waals surface area contributed by atoms with Crippen LogP contribution in [0.25, 0.3) is 0 Å². The second-order valence-electron chi connectivity index (χ2n) is 34.9. The molecule has 0 spiro atoms. The van der Waals surface area contributed by atoms with Crippen molar-refractivity contribution in [2.45, 2.75) is 296 Å². The van der Waals surface area contributed by atoms with Gasteiger partial charge in [0.05, 0.1) is 0 Å². The molecule has 4 aliphatic heterocycles. The molecule has 0 aromatic carbocycles. The lowest BCUT2D eigenvalue weighted by atomic mass is 9.74. The summed E-state index contributed by atoms with van der Waals surface area (Å²) in [6.07, 6.45) is 23.7. The van der Waals surface area contributed by atoms with Crippen LogP contribution in [0.4, 0.5) is 47.6 Å². The Morgan fingerprint density at radius 3 is 0.700 bits per heavy atom. The summed E-state index contributed by atoms with van der Waals surface area (Å²) in [6.45, 7) is 42.8. The van der Waals surface area contributed by atoms with Gasteiger partial charge in [0, 0.05) is 110 Å². The highest BCUT2D eigenvalue weighted by atomic mass is 35.5. The van der Waals surface area contributed by atoms with E-state index in [9.17, 15) is 0 Å². The first-order chi connectivity index (χ1) is 46.9. The van der Waals surface area contributed by atoms with Crippen LogP contribution in [0.3, 0.4) is 0 Å². The first kappa shape index (κ1) is 81.1. The van der Waals surface area contributed by atoms with Crippen LogP contribution in [0.15, 0.2) is 0 Å². The highest BCUT2D eigenvalue weighted by Crippen LogP contribution is 2.39. The quantitative estimate of drug-likeness (QED) is 0.0186. The standard InChI is InChI=1S/C72H126Cl4N24/c1-65(2)41-49(42-66(3,4)95-65)27-17-21-31-77-57-83-53(73)85-59(91-57)81-35-25-37-99(63-89-55(75)87-61(93-63)79-33-23-19-29-51-45-69(9,10)97-70(11,12)46-51)39-40-100(64-90-56(76)88-62(94-64)80-34-24-20-30-52-47-71(13,14)98-72(15,16)48-52)38-26-36-82-60-86-54(74)84-58(92-60)78-32-22-18-28-50-43-67(5,6)96-68(7,8)44-50/h49-52,95-98H,17-48H2,1-16H3,(H,79,87,89,93)(H,80,88,90,94)(H2,77,81,83,85,91)(H2,78,82,84,86,92). The molecule has 0 amide bonds. The van der Waals surface area contributed by atoms with Gasteiger partial charge in [-0.2, -0.15) is 59.8 Å². The third-order valence-corrected chi connectivity index (χ3v) is 20.5. The number of halogens is 4. The molecule has 24 nitrogen and oxygen atoms in total. The topological polar surface area (TPSA) is 281 Å². The van der Waals surface area contributed by atoms with E-state index in [1.54, 1.807) is 0 Å². The number of nitrogens with zero attached hydrogens (tertiary/aromatic N) is 14. The zero-order chi connectivity index (χ0) is 72.6. The Kier molecular flexibility index (Phi) is 29.2. The third kappa shape index (κ3) is 28.8. The summed E-state index contributed by atoms with van der Waals surface area (Å²) in [5.74, 6) is 6.07. The van der Waals surface area contributed by atoms with Crippen LogP contribution in [-0.4, -0.2) is 170 Å². The molecule has 100 heavy (non-hydrogen) atoms. The van der Waals surface area contributed by atoms with Gasteiger partial charge in [-0.3, -0.25) is 0 Å². The van der Waals surface area contributed by atoms with Crippen molar-refractivity contribution in [2.75, 3.05) is 107 Å². The summed E-state index contributed by atoms with van der Waals surface area (Å²) in [6, 6.07) is 0. The Morgan fingerprint density at radius 2 is 0.470 bits per heavy atom. The summed E-state index contributed by atoms with van der Waals surface area (Å²) >= 11 is 26.7. The average Bonchev–Trinajstić information content (AvgIpc) is 0.823. The van der Waals surface area contributed by atoms with Crippen LogP contribution in [0.1, 0.15) is 252 Å². The number of piperidine rings is 4. The molecule has 0 unspecified atom stereocenters. The first-order valence-electron chi connectivity index (χ1n) is 37.7. The minimum Gasteiger partial charge on any atom is -0.354 e. The van der Waals surface area contributed by atoms with Crippen molar-refractivity contribution in [1.29, 1.82) is 0 Å². The van der Waals surface area contributed by atoms with E-state index in [0.717, 1.165) is 90.1 Å². The molecule has 4 aromatic rings. The number of rotatable bonds is 39. The minimum atomic E-state index is 0.0953. The predicted molar refractivity (Wildman–Crippen MR) is 415 cm³/mol. The fourth-order valence-electron chi connectivity index (χ4n) is 17.9. The molecule has 0 saturated carbocycles. The molecule has 562 valence electrons. The number of aromatic nitrogens is 12. The second-order valence-corrected chi connectivity index (χ2v) is 36.2. The fraction of sp³-hybridized carbons (Fsp3) is 0.833. The van der Waals surface area contributed by atoms with Crippen LogP contribution < -0.4 is 63.0 Å². The maximum absolute atomic E-state index is 6.83. The van der Waals surface area contributed by atoms with Crippen molar-refractivity contribution in [1.82, 2.24) is 81.1 Å². The van der Waals surface area contributed by atoms with E-state index in [1.165, 1.54) is 51.4 Å². The summed E-state index contributed by atoms with van der Waals surface area (Å²) in [5.41, 5.74) is 0.987. The van der Waals surface area contributed by atoms with Gasteiger partial charge in [-0.15, -0.1) is 0 Å². The summed E-state index contributed by atoms with van der Waals surface area (Å²) in [7, 11) is 0. The molecule has 8 rings (SSSR count). The zero-order valence-electron chi connectivity index (χ0n) is 63.7. The van der Waals surface area contributed by atoms with Crippen molar-refractivity contribution in [3.8, 4) is 0 Å². The molecule has 10 N–H and O–H groups in total. The number of unbranched alkanes of at least 4 members (excludes halogenated alkanes) is 4. The SMILES string of the molecule is CC1(C)CC(CCCCNc2nc(Cl)nc(NCCCN(CCN(CCCNc3nc(Cl)nc(NCCCCC4CC(C)(C)NC(C)(C)C4)n3)c3nc(Cl)nc(NCCCCC4CC(C)(C)NC(C)(C)C4)n3)c3nc(Cl)nc(NCCCCC4CC(C)(C)NC(C)(C)C4)n3)n2)CC(C)(C)N1. The number of anilines is 8. The third-order valence-electron chi connectivity index (χ3n) is 19.8. The van der Waals surface area contributed by atoms with Gasteiger partial charge in [0.2, 0.25) is 68.7 Å². The van der Waals surface area contributed by atoms with Crippen LogP contribution in [0.5, 0.6) is 0 Å². The van der Waals surface area contributed by atoms with E-state index in [4.69, 9.17) is 76.3 Å². The molecule has 8 heterocycles. The van der Waals surface area contributed by atoms with Crippen LogP contribution in [0, 0.1) is 23.7 Å². The highest BCUT2D eigenvalue weighted by molar-refractivity contribution is 6.29. The van der Waals surface area contributed by atoms with Gasteiger partial charge >= 0.3 is 0 Å². The monoisotopic (exact) mass is 1470 g/mol. The molecule has 4 aliphatic rings. The van der Waals surface area contributed by atoms with Gasteiger partial charge in [0.1, 0.15) is 0 Å². The lowest BCUT2D eigenvalue weighted by Crippen LogP contribution is -2.57. The molecule has 0 radical (unpaired) electrons. The van der Waals surface area contributed by atoms with Crippen LogP contribution in [0.2, 0.25) is 21.1 Å². The van der Waals surface area contributed by atoms with E-state index >= 15 is 0 Å². The molecule has 4 fully saturated rings. The molecule has 0 bridgehead atoms. The molecule has 0 aliphatic carbocycles. The van der Waals surface area contributed by atoms with E-state index in [2.05, 4.69) is 204 Å². The Balaban J connectivity index is 0.937. The smallest absolute Gasteiger partial charge is 0.231 e. The highest BCUT2D eigenvalue weighted by Gasteiger charge is 2.41. The average molecular weight is 1470 g/mol. The van der Waals surface area contributed by atoms with Crippen molar-refractivity contribution in [3.63, 3.8) is 0 Å². The second kappa shape index (κ2) is 36.0. The van der Waals surface area contributed by atoms with Gasteiger partial charge in [-0.05, 0) is 271 Å². The van der Waals surface area contributed by atoms with Crippen molar-refractivity contribution in [3.05, 3.63) is 21.1 Å². The first-order valence-corrected chi connectivity index (χ1v) is 39.2. The maximum Gasteiger partial charge on any atom is 0.231 e. The number of nitrogens with one attached hydrogen (secondary N) is 10. The van der Waals surface area contributed by atoms with E-state index in [-0.39, 0.29) is 65.4 Å². The molecular formula is C72H126Cl4N24. The molecule has 28 heteroatoms. The molecule has 4 saturated heterocycles. The lowest BCUT2D eigenvalue weighted by molar-refractivity contribution is 0.121. The maximum atomic E-state index is 6.83. The van der Waals surface area contributed by atoms with Gasteiger partial charge in [0.25, 0.3) is 0 Å². The lowest BCUT2D eigenvalue weighted by Gasteiger charge is -2.46. The Morgan fingerprint density at radius 1 is 0.270 bits per heavy atom. The normalized spacial score (nSPS) is 20.2. The van der Waals surface area contributed by atoms with Crippen LogP contribution >= 0.6 is 46.4 Å². The predicted octanol–water partition coefficient (Wildman–Crippen LogP) is 14.9.